The number of hydrogen-bond acceptors (Lipinski definition) is 2. The SMILES string of the molecule is CO[C@](C)([CH][C@H](C)O)c1ccccc1. The zero-order valence-electron chi connectivity index (χ0n) is 8.90. The van der Waals surface area contributed by atoms with E-state index in [1.54, 1.807) is 20.5 Å². The Balaban J connectivity index is 2.90. The molecule has 0 heterocycles. The van der Waals surface area contributed by atoms with Crippen molar-refractivity contribution in [1.29, 1.82) is 0 Å². The van der Waals surface area contributed by atoms with Gasteiger partial charge in [0, 0.05) is 13.5 Å². The Morgan fingerprint density at radius 3 is 2.36 bits per heavy atom. The second-order valence-corrected chi connectivity index (χ2v) is 3.58. The van der Waals surface area contributed by atoms with E-state index in [0.29, 0.717) is 0 Å². The Bertz CT molecular complexity index is 269. The number of aliphatic hydroxyl groups excluding tert-OH is 1. The average Bonchev–Trinajstić information content (AvgIpc) is 2.18. The van der Waals surface area contributed by atoms with E-state index in [0.717, 1.165) is 5.56 Å². The molecule has 1 N–H and O–H groups in total. The zero-order chi connectivity index (χ0) is 10.6. The molecule has 0 unspecified atom stereocenters. The summed E-state index contributed by atoms with van der Waals surface area (Å²) < 4.78 is 5.42. The summed E-state index contributed by atoms with van der Waals surface area (Å²) >= 11 is 0. The molecule has 1 radical (unpaired) electrons. The molecule has 0 saturated heterocycles. The Morgan fingerprint density at radius 2 is 1.93 bits per heavy atom. The van der Waals surface area contributed by atoms with Crippen LogP contribution in [-0.2, 0) is 10.3 Å². The van der Waals surface area contributed by atoms with Crippen molar-refractivity contribution < 1.29 is 9.84 Å². The van der Waals surface area contributed by atoms with Crippen LogP contribution < -0.4 is 0 Å². The molecule has 0 aliphatic carbocycles. The van der Waals surface area contributed by atoms with Crippen LogP contribution in [0, 0.1) is 6.42 Å². The van der Waals surface area contributed by atoms with Gasteiger partial charge in [0.05, 0.1) is 11.7 Å². The Hall–Kier alpha value is -0.860. The van der Waals surface area contributed by atoms with Crippen LogP contribution >= 0.6 is 0 Å². The minimum atomic E-state index is -0.518. The highest BCUT2D eigenvalue weighted by Crippen LogP contribution is 2.28. The fraction of sp³-hybridized carbons (Fsp3) is 0.417. The van der Waals surface area contributed by atoms with Gasteiger partial charge in [0.2, 0.25) is 0 Å². The third-order valence-corrected chi connectivity index (χ3v) is 2.33. The van der Waals surface area contributed by atoms with E-state index in [9.17, 15) is 5.11 Å². The van der Waals surface area contributed by atoms with Gasteiger partial charge in [0.1, 0.15) is 0 Å². The van der Waals surface area contributed by atoms with Crippen LogP contribution in [0.15, 0.2) is 30.3 Å². The van der Waals surface area contributed by atoms with Crippen molar-refractivity contribution in [2.75, 3.05) is 7.11 Å². The van der Waals surface area contributed by atoms with E-state index >= 15 is 0 Å². The molecule has 0 aliphatic rings. The quantitative estimate of drug-likeness (QED) is 0.793. The summed E-state index contributed by atoms with van der Waals surface area (Å²) in [6, 6.07) is 9.86. The van der Waals surface area contributed by atoms with E-state index in [2.05, 4.69) is 0 Å². The molecular formula is C12H17O2. The molecule has 2 atom stereocenters. The molecule has 0 fully saturated rings. The normalized spacial score (nSPS) is 17.4. The molecule has 0 amide bonds. The van der Waals surface area contributed by atoms with Crippen LogP contribution in [-0.4, -0.2) is 18.3 Å². The van der Waals surface area contributed by atoms with Crippen molar-refractivity contribution in [2.24, 2.45) is 0 Å². The van der Waals surface area contributed by atoms with Crippen LogP contribution in [0.25, 0.3) is 0 Å². The number of hydrogen-bond donors (Lipinski definition) is 1. The molecule has 0 aliphatic heterocycles. The molecule has 1 aromatic rings. The fourth-order valence-electron chi connectivity index (χ4n) is 1.51. The fourth-order valence-corrected chi connectivity index (χ4v) is 1.51. The van der Waals surface area contributed by atoms with Gasteiger partial charge in [-0.15, -0.1) is 0 Å². The van der Waals surface area contributed by atoms with Crippen molar-refractivity contribution in [3.63, 3.8) is 0 Å². The molecular weight excluding hydrogens is 176 g/mol. The monoisotopic (exact) mass is 193 g/mol. The lowest BCUT2D eigenvalue weighted by Crippen LogP contribution is -2.29. The highest BCUT2D eigenvalue weighted by Gasteiger charge is 2.27. The maximum atomic E-state index is 9.34. The third kappa shape index (κ3) is 2.56. The van der Waals surface area contributed by atoms with Crippen LogP contribution in [0.3, 0.4) is 0 Å². The molecule has 2 nitrogen and oxygen atoms in total. The first kappa shape index (κ1) is 11.2. The first-order valence-corrected chi connectivity index (χ1v) is 4.73. The van der Waals surface area contributed by atoms with Crippen molar-refractivity contribution in [3.8, 4) is 0 Å². The summed E-state index contributed by atoms with van der Waals surface area (Å²) in [6.07, 6.45) is 1.29. The van der Waals surface area contributed by atoms with Gasteiger partial charge in [-0.25, -0.2) is 0 Å². The van der Waals surface area contributed by atoms with Gasteiger partial charge in [0.25, 0.3) is 0 Å². The number of ether oxygens (including phenoxy) is 1. The van der Waals surface area contributed by atoms with Crippen LogP contribution in [0.5, 0.6) is 0 Å². The lowest BCUT2D eigenvalue weighted by molar-refractivity contribution is 0.0111. The molecule has 1 rings (SSSR count). The maximum Gasteiger partial charge on any atom is 0.0956 e. The minimum Gasteiger partial charge on any atom is -0.393 e. The average molecular weight is 193 g/mol. The topological polar surface area (TPSA) is 29.5 Å². The van der Waals surface area contributed by atoms with Gasteiger partial charge in [-0.05, 0) is 19.4 Å². The van der Waals surface area contributed by atoms with E-state index in [-0.39, 0.29) is 0 Å². The highest BCUT2D eigenvalue weighted by atomic mass is 16.5. The van der Waals surface area contributed by atoms with Crippen LogP contribution in [0.4, 0.5) is 0 Å². The summed E-state index contributed by atoms with van der Waals surface area (Å²) in [5, 5.41) is 9.34. The highest BCUT2D eigenvalue weighted by molar-refractivity contribution is 5.25. The summed E-state index contributed by atoms with van der Waals surface area (Å²) in [7, 11) is 1.64. The van der Waals surface area contributed by atoms with Gasteiger partial charge in [-0.3, -0.25) is 0 Å². The van der Waals surface area contributed by atoms with E-state index < -0.39 is 11.7 Å². The first-order chi connectivity index (χ1) is 6.58. The first-order valence-electron chi connectivity index (χ1n) is 4.73. The van der Waals surface area contributed by atoms with E-state index in [1.807, 2.05) is 37.3 Å². The smallest absolute Gasteiger partial charge is 0.0956 e. The minimum absolute atomic E-state index is 0.486. The van der Waals surface area contributed by atoms with Gasteiger partial charge >= 0.3 is 0 Å². The van der Waals surface area contributed by atoms with Crippen molar-refractivity contribution in [3.05, 3.63) is 42.3 Å². The predicted octanol–water partition coefficient (Wildman–Crippen LogP) is 2.13. The van der Waals surface area contributed by atoms with Gasteiger partial charge in [-0.1, -0.05) is 30.3 Å². The molecule has 0 saturated carbocycles. The number of methoxy groups -OCH3 is 1. The summed E-state index contributed by atoms with van der Waals surface area (Å²) in [6.45, 7) is 3.66. The molecule has 0 aromatic heterocycles. The number of aliphatic hydroxyl groups is 1. The van der Waals surface area contributed by atoms with E-state index in [4.69, 9.17) is 4.74 Å². The Kier molecular flexibility index (Phi) is 3.67. The van der Waals surface area contributed by atoms with Crippen molar-refractivity contribution >= 4 is 0 Å². The number of rotatable bonds is 4. The lowest BCUT2D eigenvalue weighted by Gasteiger charge is -2.29. The van der Waals surface area contributed by atoms with Gasteiger partial charge < -0.3 is 9.84 Å². The summed E-state index contributed by atoms with van der Waals surface area (Å²) in [5.74, 6) is 0. The largest absolute Gasteiger partial charge is 0.393 e. The molecule has 77 valence electrons. The Morgan fingerprint density at radius 1 is 1.36 bits per heavy atom. The van der Waals surface area contributed by atoms with E-state index in [1.165, 1.54) is 0 Å². The molecule has 0 spiro atoms. The van der Waals surface area contributed by atoms with Crippen LogP contribution in [0.1, 0.15) is 19.4 Å². The third-order valence-electron chi connectivity index (χ3n) is 2.33. The molecule has 14 heavy (non-hydrogen) atoms. The van der Waals surface area contributed by atoms with Crippen molar-refractivity contribution in [2.45, 2.75) is 25.6 Å². The molecule has 0 bridgehead atoms. The second kappa shape index (κ2) is 4.58. The zero-order valence-corrected chi connectivity index (χ0v) is 8.90. The Labute approximate surface area is 85.5 Å². The molecule has 2 heteroatoms. The lowest BCUT2D eigenvalue weighted by atomic mass is 9.90. The second-order valence-electron chi connectivity index (χ2n) is 3.58. The van der Waals surface area contributed by atoms with Crippen LogP contribution in [0.2, 0.25) is 0 Å². The maximum absolute atomic E-state index is 9.34. The standard InChI is InChI=1S/C12H17O2/c1-10(13)9-12(2,14-3)11-7-5-4-6-8-11/h4-10,13H,1-3H3/t10-,12+/m0/s1. The summed E-state index contributed by atoms with van der Waals surface area (Å²) in [5.41, 5.74) is 0.526. The summed E-state index contributed by atoms with van der Waals surface area (Å²) in [4.78, 5) is 0. The van der Waals surface area contributed by atoms with Crippen molar-refractivity contribution in [1.82, 2.24) is 0 Å². The van der Waals surface area contributed by atoms with Gasteiger partial charge in [0.15, 0.2) is 0 Å². The predicted molar refractivity (Wildman–Crippen MR) is 56.8 cm³/mol. The molecule has 1 aromatic carbocycles. The number of benzene rings is 1. The van der Waals surface area contributed by atoms with Gasteiger partial charge in [-0.2, -0.15) is 0 Å².